The molecular formula is C12H20N2O2. The standard InChI is InChI=1S/C12H20N2O2/c1-9-6-11(14(3)13-9)7-12(8-15)4-5-16-10(12)2/h6,10,15H,4-5,7-8H2,1-3H3. The first-order valence-corrected chi connectivity index (χ1v) is 5.79. The summed E-state index contributed by atoms with van der Waals surface area (Å²) >= 11 is 0. The van der Waals surface area contributed by atoms with Crippen LogP contribution in [0.1, 0.15) is 24.7 Å². The zero-order valence-electron chi connectivity index (χ0n) is 10.2. The predicted molar refractivity (Wildman–Crippen MR) is 61.2 cm³/mol. The van der Waals surface area contributed by atoms with Gasteiger partial charge in [-0.3, -0.25) is 4.68 Å². The summed E-state index contributed by atoms with van der Waals surface area (Å²) in [5.74, 6) is 0. The Hall–Kier alpha value is -0.870. The molecule has 16 heavy (non-hydrogen) atoms. The molecule has 0 amide bonds. The normalized spacial score (nSPS) is 29.9. The van der Waals surface area contributed by atoms with Gasteiger partial charge in [0.15, 0.2) is 0 Å². The Morgan fingerprint density at radius 1 is 1.69 bits per heavy atom. The number of ether oxygens (including phenoxy) is 1. The molecule has 0 saturated carbocycles. The third-order valence-electron chi connectivity index (χ3n) is 3.78. The summed E-state index contributed by atoms with van der Waals surface area (Å²) in [6, 6.07) is 2.09. The van der Waals surface area contributed by atoms with Crippen molar-refractivity contribution in [3.8, 4) is 0 Å². The molecule has 1 aliphatic rings. The van der Waals surface area contributed by atoms with Gasteiger partial charge in [0.05, 0.1) is 18.4 Å². The number of aryl methyl sites for hydroxylation is 2. The smallest absolute Gasteiger partial charge is 0.0629 e. The van der Waals surface area contributed by atoms with Gasteiger partial charge in [0.25, 0.3) is 0 Å². The fourth-order valence-electron chi connectivity index (χ4n) is 2.51. The van der Waals surface area contributed by atoms with E-state index in [4.69, 9.17) is 4.74 Å². The molecule has 1 aromatic rings. The molecule has 4 heteroatoms. The minimum Gasteiger partial charge on any atom is -0.396 e. The maximum absolute atomic E-state index is 9.64. The summed E-state index contributed by atoms with van der Waals surface area (Å²) in [5, 5.41) is 14.0. The van der Waals surface area contributed by atoms with E-state index in [-0.39, 0.29) is 18.1 Å². The number of aliphatic hydroxyl groups excluding tert-OH is 1. The molecule has 4 nitrogen and oxygen atoms in total. The van der Waals surface area contributed by atoms with Crippen LogP contribution in [0.5, 0.6) is 0 Å². The van der Waals surface area contributed by atoms with Crippen LogP contribution in [0, 0.1) is 12.3 Å². The number of aromatic nitrogens is 2. The summed E-state index contributed by atoms with van der Waals surface area (Å²) in [6.45, 7) is 4.97. The Bertz CT molecular complexity index is 375. The van der Waals surface area contributed by atoms with E-state index in [1.54, 1.807) is 0 Å². The van der Waals surface area contributed by atoms with Crippen LogP contribution in [-0.4, -0.2) is 34.2 Å². The highest BCUT2D eigenvalue weighted by Gasteiger charge is 2.41. The first-order chi connectivity index (χ1) is 7.57. The van der Waals surface area contributed by atoms with Gasteiger partial charge in [0, 0.05) is 24.8 Å². The largest absolute Gasteiger partial charge is 0.396 e. The molecule has 1 fully saturated rings. The summed E-state index contributed by atoms with van der Waals surface area (Å²) in [6.07, 6.45) is 1.88. The fourth-order valence-corrected chi connectivity index (χ4v) is 2.51. The van der Waals surface area contributed by atoms with E-state index in [9.17, 15) is 5.11 Å². The van der Waals surface area contributed by atoms with E-state index in [0.29, 0.717) is 0 Å². The SMILES string of the molecule is Cc1cc(CC2(CO)CCOC2C)n(C)n1. The van der Waals surface area contributed by atoms with E-state index in [1.807, 2.05) is 25.6 Å². The van der Waals surface area contributed by atoms with E-state index in [1.165, 1.54) is 5.69 Å². The molecule has 90 valence electrons. The lowest BCUT2D eigenvalue weighted by Crippen LogP contribution is -2.35. The summed E-state index contributed by atoms with van der Waals surface area (Å²) in [5.41, 5.74) is 2.07. The average Bonchev–Trinajstić information content (AvgIpc) is 2.73. The van der Waals surface area contributed by atoms with Crippen LogP contribution >= 0.6 is 0 Å². The minimum absolute atomic E-state index is 0.118. The van der Waals surface area contributed by atoms with Gasteiger partial charge in [0.2, 0.25) is 0 Å². The Morgan fingerprint density at radius 3 is 2.88 bits per heavy atom. The van der Waals surface area contributed by atoms with Crippen molar-refractivity contribution in [2.75, 3.05) is 13.2 Å². The first-order valence-electron chi connectivity index (χ1n) is 5.79. The highest BCUT2D eigenvalue weighted by Crippen LogP contribution is 2.37. The van der Waals surface area contributed by atoms with E-state index in [0.717, 1.165) is 25.1 Å². The molecule has 1 aromatic heterocycles. The first kappa shape index (κ1) is 11.6. The van der Waals surface area contributed by atoms with Gasteiger partial charge < -0.3 is 9.84 Å². The van der Waals surface area contributed by atoms with Crippen molar-refractivity contribution in [3.05, 3.63) is 17.5 Å². The van der Waals surface area contributed by atoms with Crippen LogP contribution in [0.15, 0.2) is 6.07 Å². The number of rotatable bonds is 3. The Morgan fingerprint density at radius 2 is 2.44 bits per heavy atom. The Kier molecular flexibility index (Phi) is 3.04. The lowest BCUT2D eigenvalue weighted by atomic mass is 9.78. The van der Waals surface area contributed by atoms with Crippen molar-refractivity contribution in [3.63, 3.8) is 0 Å². The van der Waals surface area contributed by atoms with Crippen molar-refractivity contribution < 1.29 is 9.84 Å². The third-order valence-corrected chi connectivity index (χ3v) is 3.78. The molecule has 0 bridgehead atoms. The quantitative estimate of drug-likeness (QED) is 0.835. The molecule has 2 heterocycles. The zero-order valence-corrected chi connectivity index (χ0v) is 10.2. The molecule has 0 aromatic carbocycles. The molecule has 0 radical (unpaired) electrons. The molecule has 0 aliphatic carbocycles. The maximum Gasteiger partial charge on any atom is 0.0629 e. The highest BCUT2D eigenvalue weighted by molar-refractivity contribution is 5.12. The van der Waals surface area contributed by atoms with Gasteiger partial charge in [-0.15, -0.1) is 0 Å². The molecule has 0 spiro atoms. The zero-order chi connectivity index (χ0) is 11.8. The number of aliphatic hydroxyl groups is 1. The molecule has 1 saturated heterocycles. The van der Waals surface area contributed by atoms with Gasteiger partial charge in [0.1, 0.15) is 0 Å². The van der Waals surface area contributed by atoms with Gasteiger partial charge in [-0.1, -0.05) is 0 Å². The number of nitrogens with zero attached hydrogens (tertiary/aromatic N) is 2. The monoisotopic (exact) mass is 224 g/mol. The molecule has 1 aliphatic heterocycles. The lowest BCUT2D eigenvalue weighted by Gasteiger charge is -2.29. The molecule has 2 atom stereocenters. The molecule has 2 rings (SSSR count). The van der Waals surface area contributed by atoms with Crippen molar-refractivity contribution >= 4 is 0 Å². The predicted octanol–water partition coefficient (Wildman–Crippen LogP) is 1.06. The van der Waals surface area contributed by atoms with Crippen molar-refractivity contribution in [2.45, 2.75) is 32.8 Å². The van der Waals surface area contributed by atoms with Crippen LogP contribution in [0.4, 0.5) is 0 Å². The van der Waals surface area contributed by atoms with Crippen molar-refractivity contribution in [2.24, 2.45) is 12.5 Å². The second-order valence-electron chi connectivity index (χ2n) is 4.86. The van der Waals surface area contributed by atoms with Crippen LogP contribution in [0.3, 0.4) is 0 Å². The van der Waals surface area contributed by atoms with Gasteiger partial charge in [-0.05, 0) is 32.8 Å². The minimum atomic E-state index is -0.125. The lowest BCUT2D eigenvalue weighted by molar-refractivity contribution is 0.0261. The van der Waals surface area contributed by atoms with Crippen LogP contribution < -0.4 is 0 Å². The molecular weight excluding hydrogens is 204 g/mol. The topological polar surface area (TPSA) is 47.3 Å². The summed E-state index contributed by atoms with van der Waals surface area (Å²) in [4.78, 5) is 0. The summed E-state index contributed by atoms with van der Waals surface area (Å²) < 4.78 is 7.49. The summed E-state index contributed by atoms with van der Waals surface area (Å²) in [7, 11) is 1.95. The van der Waals surface area contributed by atoms with Crippen molar-refractivity contribution in [1.82, 2.24) is 9.78 Å². The van der Waals surface area contributed by atoms with Crippen LogP contribution in [0.25, 0.3) is 0 Å². The van der Waals surface area contributed by atoms with Crippen molar-refractivity contribution in [1.29, 1.82) is 0 Å². The van der Waals surface area contributed by atoms with Crippen LogP contribution in [-0.2, 0) is 18.2 Å². The van der Waals surface area contributed by atoms with Gasteiger partial charge >= 0.3 is 0 Å². The van der Waals surface area contributed by atoms with E-state index < -0.39 is 0 Å². The fraction of sp³-hybridized carbons (Fsp3) is 0.750. The Labute approximate surface area is 96.2 Å². The highest BCUT2D eigenvalue weighted by atomic mass is 16.5. The third kappa shape index (κ3) is 1.87. The molecule has 1 N–H and O–H groups in total. The van der Waals surface area contributed by atoms with Gasteiger partial charge in [-0.2, -0.15) is 5.10 Å². The molecule has 2 unspecified atom stereocenters. The average molecular weight is 224 g/mol. The van der Waals surface area contributed by atoms with Crippen LogP contribution in [0.2, 0.25) is 0 Å². The number of hydrogen-bond acceptors (Lipinski definition) is 3. The second-order valence-corrected chi connectivity index (χ2v) is 4.86. The van der Waals surface area contributed by atoms with Gasteiger partial charge in [-0.25, -0.2) is 0 Å². The number of hydrogen-bond donors (Lipinski definition) is 1. The van der Waals surface area contributed by atoms with E-state index >= 15 is 0 Å². The Balaban J connectivity index is 2.21. The van der Waals surface area contributed by atoms with E-state index in [2.05, 4.69) is 11.2 Å². The second kappa shape index (κ2) is 4.18. The maximum atomic E-state index is 9.64.